The molecule has 0 saturated carbocycles. The summed E-state index contributed by atoms with van der Waals surface area (Å²) in [6.07, 6.45) is 3.53. The number of hydrogen-bond donors (Lipinski definition) is 1. The van der Waals surface area contributed by atoms with Gasteiger partial charge in [-0.2, -0.15) is 0 Å². The molecule has 0 bridgehead atoms. The van der Waals surface area contributed by atoms with Crippen molar-refractivity contribution >= 4 is 17.5 Å². The first-order chi connectivity index (χ1) is 14.1. The second kappa shape index (κ2) is 10.2. The van der Waals surface area contributed by atoms with Gasteiger partial charge in [0.25, 0.3) is 5.91 Å². The second-order valence-corrected chi connectivity index (χ2v) is 7.49. The van der Waals surface area contributed by atoms with E-state index in [1.54, 1.807) is 0 Å². The maximum Gasteiger partial charge on any atom is 0.255 e. The molecule has 0 unspecified atom stereocenters. The summed E-state index contributed by atoms with van der Waals surface area (Å²) in [6, 6.07) is 17.7. The molecule has 0 aliphatic rings. The number of amides is 1. The first-order valence-electron chi connectivity index (χ1n) is 10.0. The molecule has 0 radical (unpaired) electrons. The minimum Gasteiger partial charge on any atom is -0.352 e. The smallest absolute Gasteiger partial charge is 0.255 e. The van der Waals surface area contributed by atoms with Gasteiger partial charge in [0.15, 0.2) is 0 Å². The van der Waals surface area contributed by atoms with Crippen molar-refractivity contribution in [3.05, 3.63) is 82.3 Å². The zero-order valence-corrected chi connectivity index (χ0v) is 17.7. The van der Waals surface area contributed by atoms with Crippen molar-refractivity contribution in [3.8, 4) is 11.3 Å². The highest BCUT2D eigenvalue weighted by atomic mass is 35.5. The molecule has 0 atom stereocenters. The van der Waals surface area contributed by atoms with Crippen LogP contribution in [0.1, 0.15) is 47.2 Å². The fourth-order valence-electron chi connectivity index (χ4n) is 3.28. The molecule has 5 heteroatoms. The van der Waals surface area contributed by atoms with Crippen LogP contribution in [0.4, 0.5) is 0 Å². The van der Waals surface area contributed by atoms with Gasteiger partial charge in [-0.15, -0.1) is 0 Å². The minimum absolute atomic E-state index is 0.136. The number of aromatic nitrogens is 2. The lowest BCUT2D eigenvalue weighted by Gasteiger charge is -2.14. The monoisotopic (exact) mass is 407 g/mol. The second-order valence-electron chi connectivity index (χ2n) is 7.05. The number of rotatable bonds is 8. The first-order valence-corrected chi connectivity index (χ1v) is 10.4. The van der Waals surface area contributed by atoms with Crippen LogP contribution < -0.4 is 5.32 Å². The van der Waals surface area contributed by atoms with Crippen LogP contribution in [-0.2, 0) is 12.8 Å². The summed E-state index contributed by atoms with van der Waals surface area (Å²) in [6.45, 7) is 4.57. The van der Waals surface area contributed by atoms with Crippen LogP contribution in [0, 0.1) is 6.92 Å². The minimum atomic E-state index is -0.136. The Morgan fingerprint density at radius 2 is 1.72 bits per heavy atom. The average molecular weight is 408 g/mol. The molecular weight excluding hydrogens is 382 g/mol. The average Bonchev–Trinajstić information content (AvgIpc) is 2.72. The van der Waals surface area contributed by atoms with Gasteiger partial charge < -0.3 is 5.32 Å². The van der Waals surface area contributed by atoms with Crippen molar-refractivity contribution < 1.29 is 4.79 Å². The first kappa shape index (κ1) is 21.0. The molecule has 1 N–H and O–H groups in total. The molecule has 0 spiro atoms. The molecule has 0 fully saturated rings. The number of nitrogens with one attached hydrogen (secondary N) is 1. The molecule has 3 aromatic rings. The van der Waals surface area contributed by atoms with Gasteiger partial charge in [0, 0.05) is 23.6 Å². The maximum absolute atomic E-state index is 13.0. The summed E-state index contributed by atoms with van der Waals surface area (Å²) in [5.41, 5.74) is 4.04. The van der Waals surface area contributed by atoms with E-state index < -0.39 is 0 Å². The highest BCUT2D eigenvalue weighted by Gasteiger charge is 2.19. The number of carbonyl (C=O) groups is 1. The third-order valence-corrected chi connectivity index (χ3v) is 4.98. The normalized spacial score (nSPS) is 10.7. The summed E-state index contributed by atoms with van der Waals surface area (Å²) in [7, 11) is 0. The molecule has 150 valence electrons. The number of benzene rings is 2. The van der Waals surface area contributed by atoms with E-state index in [1.807, 2.05) is 49.4 Å². The Morgan fingerprint density at radius 1 is 1.00 bits per heavy atom. The molecule has 0 saturated heterocycles. The highest BCUT2D eigenvalue weighted by Crippen LogP contribution is 2.25. The van der Waals surface area contributed by atoms with Crippen molar-refractivity contribution in [2.45, 2.75) is 39.5 Å². The molecule has 1 amide bonds. The lowest BCUT2D eigenvalue weighted by Crippen LogP contribution is -2.27. The van der Waals surface area contributed by atoms with E-state index >= 15 is 0 Å². The topological polar surface area (TPSA) is 54.9 Å². The van der Waals surface area contributed by atoms with E-state index in [2.05, 4.69) is 29.4 Å². The fourth-order valence-corrected chi connectivity index (χ4v) is 3.41. The SMILES string of the molecule is CCCc1nc(C)c(C(=O)NCCCc2ccccc2)c(-c2ccc(Cl)cc2)n1. The summed E-state index contributed by atoms with van der Waals surface area (Å²) in [4.78, 5) is 22.3. The van der Waals surface area contributed by atoms with E-state index in [0.717, 1.165) is 37.1 Å². The van der Waals surface area contributed by atoms with Crippen LogP contribution >= 0.6 is 11.6 Å². The van der Waals surface area contributed by atoms with Gasteiger partial charge in [-0.25, -0.2) is 9.97 Å². The maximum atomic E-state index is 13.0. The predicted molar refractivity (Wildman–Crippen MR) is 118 cm³/mol. The standard InChI is InChI=1S/C24H26ClN3O/c1-3-8-21-27-17(2)22(23(28-21)19-12-14-20(25)15-13-19)24(29)26-16-7-11-18-9-5-4-6-10-18/h4-6,9-10,12-15H,3,7-8,11,16H2,1-2H3,(H,26,29). The number of halogens is 1. The summed E-state index contributed by atoms with van der Waals surface area (Å²) >= 11 is 6.04. The Balaban J connectivity index is 1.79. The Kier molecular flexibility index (Phi) is 7.36. The van der Waals surface area contributed by atoms with Crippen LogP contribution in [-0.4, -0.2) is 22.4 Å². The van der Waals surface area contributed by atoms with Gasteiger partial charge in [-0.05, 0) is 43.9 Å². The van der Waals surface area contributed by atoms with Crippen molar-refractivity contribution in [2.75, 3.05) is 6.54 Å². The molecule has 29 heavy (non-hydrogen) atoms. The Hall–Kier alpha value is -2.72. The van der Waals surface area contributed by atoms with Crippen LogP contribution in [0.25, 0.3) is 11.3 Å². The third kappa shape index (κ3) is 5.64. The molecule has 1 aromatic heterocycles. The molecule has 2 aromatic carbocycles. The Bertz CT molecular complexity index is 956. The van der Waals surface area contributed by atoms with Crippen LogP contribution in [0.5, 0.6) is 0 Å². The summed E-state index contributed by atoms with van der Waals surface area (Å²) < 4.78 is 0. The number of aryl methyl sites for hydroxylation is 3. The van der Waals surface area contributed by atoms with Crippen molar-refractivity contribution in [1.29, 1.82) is 0 Å². The Morgan fingerprint density at radius 3 is 2.41 bits per heavy atom. The zero-order valence-electron chi connectivity index (χ0n) is 16.9. The molecular formula is C24H26ClN3O. The number of hydrogen-bond acceptors (Lipinski definition) is 3. The van der Waals surface area contributed by atoms with Gasteiger partial charge in [0.05, 0.1) is 17.0 Å². The molecule has 0 aliphatic heterocycles. The quantitative estimate of drug-likeness (QED) is 0.507. The van der Waals surface area contributed by atoms with E-state index in [9.17, 15) is 4.79 Å². The molecule has 1 heterocycles. The van der Waals surface area contributed by atoms with Crippen molar-refractivity contribution in [3.63, 3.8) is 0 Å². The van der Waals surface area contributed by atoms with E-state index in [-0.39, 0.29) is 5.91 Å². The zero-order chi connectivity index (χ0) is 20.6. The van der Waals surface area contributed by atoms with Gasteiger partial charge in [-0.3, -0.25) is 4.79 Å². The van der Waals surface area contributed by atoms with Gasteiger partial charge in [0.1, 0.15) is 5.82 Å². The van der Waals surface area contributed by atoms with Gasteiger partial charge in [-0.1, -0.05) is 61.0 Å². The molecule has 3 rings (SSSR count). The van der Waals surface area contributed by atoms with Gasteiger partial charge in [0.2, 0.25) is 0 Å². The fraction of sp³-hybridized carbons (Fsp3) is 0.292. The van der Waals surface area contributed by atoms with Gasteiger partial charge >= 0.3 is 0 Å². The third-order valence-electron chi connectivity index (χ3n) is 4.73. The van der Waals surface area contributed by atoms with Crippen LogP contribution in [0.3, 0.4) is 0 Å². The van der Waals surface area contributed by atoms with Crippen LogP contribution in [0.2, 0.25) is 5.02 Å². The van der Waals surface area contributed by atoms with Crippen molar-refractivity contribution in [1.82, 2.24) is 15.3 Å². The van der Waals surface area contributed by atoms with Crippen LogP contribution in [0.15, 0.2) is 54.6 Å². The summed E-state index contributed by atoms with van der Waals surface area (Å²) in [5.74, 6) is 0.624. The van der Waals surface area contributed by atoms with E-state index in [0.29, 0.717) is 28.5 Å². The lowest BCUT2D eigenvalue weighted by molar-refractivity contribution is 0.0952. The highest BCUT2D eigenvalue weighted by molar-refractivity contribution is 6.30. The van der Waals surface area contributed by atoms with E-state index in [4.69, 9.17) is 16.6 Å². The van der Waals surface area contributed by atoms with Crippen molar-refractivity contribution in [2.24, 2.45) is 0 Å². The number of nitrogens with zero attached hydrogens (tertiary/aromatic N) is 2. The largest absolute Gasteiger partial charge is 0.352 e. The predicted octanol–water partition coefficient (Wildman–Crippen LogP) is 5.42. The molecule has 0 aliphatic carbocycles. The van der Waals surface area contributed by atoms with E-state index in [1.165, 1.54) is 5.56 Å². The lowest BCUT2D eigenvalue weighted by atomic mass is 10.0. The Labute approximate surface area is 177 Å². The number of carbonyl (C=O) groups excluding carboxylic acids is 1. The molecule has 4 nitrogen and oxygen atoms in total. The summed E-state index contributed by atoms with van der Waals surface area (Å²) in [5, 5.41) is 3.69.